The van der Waals surface area contributed by atoms with E-state index in [4.69, 9.17) is 5.26 Å². The number of nitriles is 1. The van der Waals surface area contributed by atoms with Crippen molar-refractivity contribution in [3.8, 4) is 6.07 Å². The number of benzene rings is 2. The predicted octanol–water partition coefficient (Wildman–Crippen LogP) is 4.80. The van der Waals surface area contributed by atoms with Crippen LogP contribution in [0.15, 0.2) is 57.9 Å². The molecule has 0 bridgehead atoms. The number of anilines is 1. The molecule has 2 aromatic carbocycles. The molecule has 0 spiro atoms. The highest BCUT2D eigenvalue weighted by molar-refractivity contribution is 9.10. The Morgan fingerprint density at radius 3 is 2.43 bits per heavy atom. The molecule has 0 unspecified atom stereocenters. The average molecular weight is 389 g/mol. The molecule has 0 aromatic heterocycles. The second-order valence-electron chi connectivity index (χ2n) is 5.03. The third-order valence-electron chi connectivity index (χ3n) is 3.27. The number of amides is 1. The van der Waals surface area contributed by atoms with Crippen LogP contribution in [0.3, 0.4) is 0 Å². The topological polar surface area (TPSA) is 44.1 Å². The van der Waals surface area contributed by atoms with Gasteiger partial charge in [0, 0.05) is 21.6 Å². The summed E-state index contributed by atoms with van der Waals surface area (Å²) in [4.78, 5) is 15.3. The smallest absolute Gasteiger partial charge is 0.237 e. The third kappa shape index (κ3) is 5.42. The molecular formula is C18H17BrN2OS. The number of thioether (sulfide) groups is 1. The van der Waals surface area contributed by atoms with Crippen LogP contribution in [0.25, 0.3) is 0 Å². The normalized spacial score (nSPS) is 10.1. The Morgan fingerprint density at radius 1 is 1.17 bits per heavy atom. The fraction of sp³-hybridized carbons (Fsp3) is 0.222. The molecule has 0 radical (unpaired) electrons. The number of hydrogen-bond acceptors (Lipinski definition) is 3. The van der Waals surface area contributed by atoms with Crippen LogP contribution in [0.4, 0.5) is 5.69 Å². The number of aryl methyl sites for hydroxylation is 1. The van der Waals surface area contributed by atoms with Gasteiger partial charge < -0.3 is 4.90 Å². The van der Waals surface area contributed by atoms with Crippen LogP contribution in [0.1, 0.15) is 12.0 Å². The Labute approximate surface area is 149 Å². The van der Waals surface area contributed by atoms with Crippen molar-refractivity contribution in [2.45, 2.75) is 18.2 Å². The Morgan fingerprint density at radius 2 is 1.83 bits per heavy atom. The molecule has 0 aliphatic rings. The summed E-state index contributed by atoms with van der Waals surface area (Å²) in [7, 11) is 0. The average Bonchev–Trinajstić information content (AvgIpc) is 2.56. The Balaban J connectivity index is 2.05. The van der Waals surface area contributed by atoms with Crippen molar-refractivity contribution >= 4 is 39.3 Å². The second kappa shape index (κ2) is 8.76. The Kier molecular flexibility index (Phi) is 6.69. The van der Waals surface area contributed by atoms with E-state index in [1.54, 1.807) is 4.90 Å². The van der Waals surface area contributed by atoms with E-state index in [0.717, 1.165) is 20.6 Å². The van der Waals surface area contributed by atoms with Gasteiger partial charge in [0.1, 0.15) is 0 Å². The molecule has 5 heteroatoms. The third-order valence-corrected chi connectivity index (χ3v) is 4.80. The van der Waals surface area contributed by atoms with Gasteiger partial charge in [0.25, 0.3) is 0 Å². The molecule has 3 nitrogen and oxygen atoms in total. The van der Waals surface area contributed by atoms with Crippen LogP contribution in [0.2, 0.25) is 0 Å². The lowest BCUT2D eigenvalue weighted by molar-refractivity contribution is -0.116. The lowest BCUT2D eigenvalue weighted by Crippen LogP contribution is -2.33. The van der Waals surface area contributed by atoms with Crippen LogP contribution < -0.4 is 4.90 Å². The van der Waals surface area contributed by atoms with E-state index >= 15 is 0 Å². The largest absolute Gasteiger partial charge is 0.311 e. The van der Waals surface area contributed by atoms with Crippen molar-refractivity contribution in [3.05, 3.63) is 58.6 Å². The highest BCUT2D eigenvalue weighted by Gasteiger charge is 2.15. The Hall–Kier alpha value is -1.77. The molecular weight excluding hydrogens is 372 g/mol. The van der Waals surface area contributed by atoms with Crippen LogP contribution in [-0.4, -0.2) is 18.2 Å². The minimum Gasteiger partial charge on any atom is -0.311 e. The van der Waals surface area contributed by atoms with Crippen LogP contribution in [-0.2, 0) is 4.79 Å². The summed E-state index contributed by atoms with van der Waals surface area (Å²) in [5.41, 5.74) is 1.98. The first-order chi connectivity index (χ1) is 11.1. The number of rotatable bonds is 6. The zero-order valence-electron chi connectivity index (χ0n) is 12.8. The molecule has 2 rings (SSSR count). The standard InChI is InChI=1S/C18H17BrN2OS/c1-14-3-7-16(8-4-14)21(12-2-11-20)18(22)13-23-17-9-5-15(19)6-10-17/h3-10H,2,12-13H2,1H3. The molecule has 0 atom stereocenters. The van der Waals surface area contributed by atoms with Gasteiger partial charge in [0.15, 0.2) is 0 Å². The lowest BCUT2D eigenvalue weighted by atomic mass is 10.2. The molecule has 0 aliphatic carbocycles. The van der Waals surface area contributed by atoms with Crippen molar-refractivity contribution in [3.63, 3.8) is 0 Å². The summed E-state index contributed by atoms with van der Waals surface area (Å²) in [5, 5.41) is 8.82. The summed E-state index contributed by atoms with van der Waals surface area (Å²) in [6.07, 6.45) is 0.322. The van der Waals surface area contributed by atoms with E-state index in [-0.39, 0.29) is 5.91 Å². The van der Waals surface area contributed by atoms with Crippen LogP contribution in [0.5, 0.6) is 0 Å². The van der Waals surface area contributed by atoms with Gasteiger partial charge in [-0.05, 0) is 43.3 Å². The first-order valence-corrected chi connectivity index (χ1v) is 9.00. The van der Waals surface area contributed by atoms with Gasteiger partial charge in [-0.3, -0.25) is 4.79 Å². The van der Waals surface area contributed by atoms with Gasteiger partial charge in [0.05, 0.1) is 18.2 Å². The molecule has 0 fully saturated rings. The van der Waals surface area contributed by atoms with Gasteiger partial charge in [0.2, 0.25) is 5.91 Å². The van der Waals surface area contributed by atoms with Gasteiger partial charge in [-0.15, -0.1) is 11.8 Å². The van der Waals surface area contributed by atoms with Crippen molar-refractivity contribution < 1.29 is 4.79 Å². The second-order valence-corrected chi connectivity index (χ2v) is 7.00. The SMILES string of the molecule is Cc1ccc(N(CCC#N)C(=O)CSc2ccc(Br)cc2)cc1. The molecule has 0 heterocycles. The number of carbonyl (C=O) groups is 1. The minimum absolute atomic E-state index is 0.0111. The maximum absolute atomic E-state index is 12.6. The molecule has 0 saturated carbocycles. The van der Waals surface area contributed by atoms with Gasteiger partial charge in [-0.2, -0.15) is 5.26 Å². The molecule has 1 amide bonds. The van der Waals surface area contributed by atoms with Crippen molar-refractivity contribution in [2.24, 2.45) is 0 Å². The molecule has 2 aromatic rings. The fourth-order valence-electron chi connectivity index (χ4n) is 2.04. The van der Waals surface area contributed by atoms with Crippen molar-refractivity contribution in [1.29, 1.82) is 5.26 Å². The first-order valence-electron chi connectivity index (χ1n) is 7.22. The molecule has 23 heavy (non-hydrogen) atoms. The summed E-state index contributed by atoms with van der Waals surface area (Å²) in [5.74, 6) is 0.359. The van der Waals surface area contributed by atoms with Crippen LogP contribution >= 0.6 is 27.7 Å². The number of carbonyl (C=O) groups excluding carboxylic acids is 1. The number of nitrogens with zero attached hydrogens (tertiary/aromatic N) is 2. The minimum atomic E-state index is 0.0111. The zero-order chi connectivity index (χ0) is 16.7. The summed E-state index contributed by atoms with van der Waals surface area (Å²) >= 11 is 4.90. The van der Waals surface area contributed by atoms with Crippen molar-refractivity contribution in [2.75, 3.05) is 17.2 Å². The molecule has 0 aliphatic heterocycles. The highest BCUT2D eigenvalue weighted by atomic mass is 79.9. The molecule has 118 valence electrons. The highest BCUT2D eigenvalue weighted by Crippen LogP contribution is 2.23. The van der Waals surface area contributed by atoms with E-state index in [9.17, 15) is 4.79 Å². The van der Waals surface area contributed by atoms with E-state index in [1.165, 1.54) is 11.8 Å². The van der Waals surface area contributed by atoms with E-state index in [1.807, 2.05) is 55.5 Å². The summed E-state index contributed by atoms with van der Waals surface area (Å²) in [6.45, 7) is 2.42. The van der Waals surface area contributed by atoms with E-state index < -0.39 is 0 Å². The van der Waals surface area contributed by atoms with E-state index in [0.29, 0.717) is 18.7 Å². The van der Waals surface area contributed by atoms with Gasteiger partial charge in [-0.1, -0.05) is 33.6 Å². The van der Waals surface area contributed by atoms with E-state index in [2.05, 4.69) is 22.0 Å². The maximum Gasteiger partial charge on any atom is 0.237 e. The predicted molar refractivity (Wildman–Crippen MR) is 98.6 cm³/mol. The maximum atomic E-state index is 12.6. The number of hydrogen-bond donors (Lipinski definition) is 0. The quantitative estimate of drug-likeness (QED) is 0.667. The zero-order valence-corrected chi connectivity index (χ0v) is 15.2. The fourth-order valence-corrected chi connectivity index (χ4v) is 3.08. The lowest BCUT2D eigenvalue weighted by Gasteiger charge is -2.22. The summed E-state index contributed by atoms with van der Waals surface area (Å²) < 4.78 is 1.02. The van der Waals surface area contributed by atoms with Gasteiger partial charge in [-0.25, -0.2) is 0 Å². The first kappa shape index (κ1) is 17.6. The Bertz CT molecular complexity index is 692. The summed E-state index contributed by atoms with van der Waals surface area (Å²) in [6, 6.07) is 17.8. The monoisotopic (exact) mass is 388 g/mol. The molecule has 0 N–H and O–H groups in total. The molecule has 0 saturated heterocycles. The van der Waals surface area contributed by atoms with Crippen molar-refractivity contribution in [1.82, 2.24) is 0 Å². The van der Waals surface area contributed by atoms with Crippen LogP contribution in [0, 0.1) is 18.3 Å². The van der Waals surface area contributed by atoms with Gasteiger partial charge >= 0.3 is 0 Å². The number of halogens is 1.